The van der Waals surface area contributed by atoms with Crippen LogP contribution in [0.1, 0.15) is 11.1 Å². The van der Waals surface area contributed by atoms with Gasteiger partial charge in [0.1, 0.15) is 5.75 Å². The molecule has 4 heteroatoms. The van der Waals surface area contributed by atoms with Gasteiger partial charge in [0, 0.05) is 19.7 Å². The summed E-state index contributed by atoms with van der Waals surface area (Å²) in [4.78, 5) is 13.4. The quantitative estimate of drug-likeness (QED) is 0.889. The number of aromatic hydroxyl groups is 1. The van der Waals surface area contributed by atoms with Crippen molar-refractivity contribution >= 4 is 5.91 Å². The molecule has 0 saturated heterocycles. The molecule has 0 aliphatic heterocycles. The molecule has 0 heterocycles. The average Bonchev–Trinajstić information content (AvgIpc) is 2.49. The standard InChI is InChI=1S/C18H22N2O2/c1-20(2)18(22)12-14-4-3-5-15(10-14)16-11-13(8-9-19)6-7-17(16)21/h3-7,10-11,21H,8-9,12,19H2,1-2H3. The summed E-state index contributed by atoms with van der Waals surface area (Å²) < 4.78 is 0. The highest BCUT2D eigenvalue weighted by molar-refractivity contribution is 5.79. The topological polar surface area (TPSA) is 66.6 Å². The Morgan fingerprint density at radius 1 is 1.14 bits per heavy atom. The van der Waals surface area contributed by atoms with Crippen molar-refractivity contribution in [2.75, 3.05) is 20.6 Å². The molecule has 2 rings (SSSR count). The predicted octanol–water partition coefficient (Wildman–Crippen LogP) is 2.19. The average molecular weight is 298 g/mol. The van der Waals surface area contributed by atoms with E-state index >= 15 is 0 Å². The van der Waals surface area contributed by atoms with Crippen molar-refractivity contribution in [3.05, 3.63) is 53.6 Å². The van der Waals surface area contributed by atoms with Gasteiger partial charge in [0.15, 0.2) is 0 Å². The van der Waals surface area contributed by atoms with E-state index in [-0.39, 0.29) is 11.7 Å². The van der Waals surface area contributed by atoms with Crippen LogP contribution in [-0.4, -0.2) is 36.6 Å². The summed E-state index contributed by atoms with van der Waals surface area (Å²) >= 11 is 0. The van der Waals surface area contributed by atoms with Crippen molar-refractivity contribution in [2.24, 2.45) is 5.73 Å². The lowest BCUT2D eigenvalue weighted by Crippen LogP contribution is -2.23. The summed E-state index contributed by atoms with van der Waals surface area (Å²) in [6, 6.07) is 13.2. The van der Waals surface area contributed by atoms with Crippen LogP contribution in [0.15, 0.2) is 42.5 Å². The van der Waals surface area contributed by atoms with Gasteiger partial charge in [-0.3, -0.25) is 4.79 Å². The van der Waals surface area contributed by atoms with E-state index in [2.05, 4.69) is 0 Å². The van der Waals surface area contributed by atoms with Crippen LogP contribution in [0, 0.1) is 0 Å². The Kier molecular flexibility index (Phi) is 5.17. The van der Waals surface area contributed by atoms with Gasteiger partial charge in [0.2, 0.25) is 5.91 Å². The van der Waals surface area contributed by atoms with Crippen LogP contribution < -0.4 is 5.73 Å². The Morgan fingerprint density at radius 3 is 2.59 bits per heavy atom. The van der Waals surface area contributed by atoms with Crippen LogP contribution in [0.25, 0.3) is 11.1 Å². The first-order chi connectivity index (χ1) is 10.5. The minimum atomic E-state index is 0.0539. The molecule has 0 saturated carbocycles. The zero-order valence-electron chi connectivity index (χ0n) is 13.0. The van der Waals surface area contributed by atoms with Crippen molar-refractivity contribution in [2.45, 2.75) is 12.8 Å². The molecule has 0 fully saturated rings. The maximum Gasteiger partial charge on any atom is 0.226 e. The largest absolute Gasteiger partial charge is 0.507 e. The van der Waals surface area contributed by atoms with Gasteiger partial charge >= 0.3 is 0 Å². The SMILES string of the molecule is CN(C)C(=O)Cc1cccc(-c2cc(CCN)ccc2O)c1. The normalized spacial score (nSPS) is 10.5. The lowest BCUT2D eigenvalue weighted by atomic mass is 9.98. The van der Waals surface area contributed by atoms with Gasteiger partial charge in [0.25, 0.3) is 0 Å². The number of carbonyl (C=O) groups excluding carboxylic acids is 1. The fourth-order valence-corrected chi connectivity index (χ4v) is 2.32. The number of hydrogen-bond donors (Lipinski definition) is 2. The Balaban J connectivity index is 2.33. The highest BCUT2D eigenvalue weighted by Crippen LogP contribution is 2.30. The highest BCUT2D eigenvalue weighted by Gasteiger charge is 2.09. The molecule has 0 radical (unpaired) electrons. The van der Waals surface area contributed by atoms with Crippen molar-refractivity contribution < 1.29 is 9.90 Å². The molecule has 3 N–H and O–H groups in total. The number of carbonyl (C=O) groups is 1. The Labute approximate surface area is 131 Å². The summed E-state index contributed by atoms with van der Waals surface area (Å²) in [6.07, 6.45) is 1.12. The molecule has 2 aromatic rings. The Bertz CT molecular complexity index is 666. The van der Waals surface area contributed by atoms with E-state index in [1.165, 1.54) is 0 Å². The first kappa shape index (κ1) is 16.0. The molecular weight excluding hydrogens is 276 g/mol. The van der Waals surface area contributed by atoms with Crippen molar-refractivity contribution in [1.29, 1.82) is 0 Å². The molecule has 0 spiro atoms. The maximum atomic E-state index is 11.8. The summed E-state index contributed by atoms with van der Waals surface area (Å²) in [7, 11) is 3.49. The lowest BCUT2D eigenvalue weighted by Gasteiger charge is -2.12. The third-order valence-electron chi connectivity index (χ3n) is 3.59. The first-order valence-electron chi connectivity index (χ1n) is 7.32. The van der Waals surface area contributed by atoms with Crippen molar-refractivity contribution in [1.82, 2.24) is 4.90 Å². The third-order valence-corrected chi connectivity index (χ3v) is 3.59. The monoisotopic (exact) mass is 298 g/mol. The van der Waals surface area contributed by atoms with Crippen LogP contribution in [0.4, 0.5) is 0 Å². The van der Waals surface area contributed by atoms with Gasteiger partial charge in [-0.05, 0) is 41.8 Å². The van der Waals surface area contributed by atoms with E-state index in [9.17, 15) is 9.90 Å². The number of nitrogens with two attached hydrogens (primary N) is 1. The van der Waals surface area contributed by atoms with Crippen LogP contribution in [-0.2, 0) is 17.6 Å². The van der Waals surface area contributed by atoms with Gasteiger partial charge < -0.3 is 15.7 Å². The Hall–Kier alpha value is -2.33. The van der Waals surface area contributed by atoms with E-state index in [4.69, 9.17) is 5.73 Å². The number of rotatable bonds is 5. The second-order valence-corrected chi connectivity index (χ2v) is 5.56. The number of phenols is 1. The summed E-state index contributed by atoms with van der Waals surface area (Å²) in [5.74, 6) is 0.287. The second-order valence-electron chi connectivity index (χ2n) is 5.56. The van der Waals surface area contributed by atoms with E-state index in [1.54, 1.807) is 25.1 Å². The second kappa shape index (κ2) is 7.09. The highest BCUT2D eigenvalue weighted by atomic mass is 16.3. The van der Waals surface area contributed by atoms with E-state index < -0.39 is 0 Å². The van der Waals surface area contributed by atoms with E-state index in [1.807, 2.05) is 36.4 Å². The fourth-order valence-electron chi connectivity index (χ4n) is 2.32. The smallest absolute Gasteiger partial charge is 0.226 e. The maximum absolute atomic E-state index is 11.8. The number of nitrogens with zero attached hydrogens (tertiary/aromatic N) is 1. The zero-order valence-corrected chi connectivity index (χ0v) is 13.0. The summed E-state index contributed by atoms with van der Waals surface area (Å²) in [6.45, 7) is 0.571. The number of benzene rings is 2. The van der Waals surface area contributed by atoms with Gasteiger partial charge in [-0.2, -0.15) is 0 Å². The molecule has 0 atom stereocenters. The first-order valence-corrected chi connectivity index (χ1v) is 7.32. The van der Waals surface area contributed by atoms with Gasteiger partial charge in [0.05, 0.1) is 6.42 Å². The molecule has 22 heavy (non-hydrogen) atoms. The molecule has 2 aromatic carbocycles. The number of likely N-dealkylation sites (N-methyl/N-ethyl adjacent to an activating group) is 1. The van der Waals surface area contributed by atoms with Gasteiger partial charge in [-0.1, -0.05) is 30.3 Å². The molecule has 0 aliphatic rings. The molecule has 4 nitrogen and oxygen atoms in total. The molecule has 0 aliphatic carbocycles. The number of amides is 1. The minimum Gasteiger partial charge on any atom is -0.507 e. The third kappa shape index (κ3) is 3.86. The van der Waals surface area contributed by atoms with Crippen molar-refractivity contribution in [3.8, 4) is 16.9 Å². The molecular formula is C18H22N2O2. The minimum absolute atomic E-state index is 0.0539. The predicted molar refractivity (Wildman–Crippen MR) is 88.7 cm³/mol. The van der Waals surface area contributed by atoms with Crippen LogP contribution >= 0.6 is 0 Å². The molecule has 0 unspecified atom stereocenters. The van der Waals surface area contributed by atoms with Crippen LogP contribution in [0.5, 0.6) is 5.75 Å². The number of hydrogen-bond acceptors (Lipinski definition) is 3. The molecule has 0 bridgehead atoms. The van der Waals surface area contributed by atoms with Crippen molar-refractivity contribution in [3.63, 3.8) is 0 Å². The summed E-state index contributed by atoms with van der Waals surface area (Å²) in [5.41, 5.74) is 9.28. The lowest BCUT2D eigenvalue weighted by molar-refractivity contribution is -0.127. The zero-order chi connectivity index (χ0) is 16.1. The Morgan fingerprint density at radius 2 is 1.91 bits per heavy atom. The molecule has 1 amide bonds. The fraction of sp³-hybridized carbons (Fsp3) is 0.278. The van der Waals surface area contributed by atoms with E-state index in [0.717, 1.165) is 28.7 Å². The van der Waals surface area contributed by atoms with Crippen LogP contribution in [0.3, 0.4) is 0 Å². The molecule has 0 aromatic heterocycles. The van der Waals surface area contributed by atoms with Gasteiger partial charge in [-0.25, -0.2) is 0 Å². The van der Waals surface area contributed by atoms with Crippen LogP contribution in [0.2, 0.25) is 0 Å². The number of phenolic OH excluding ortho intramolecular Hbond substituents is 1. The van der Waals surface area contributed by atoms with E-state index in [0.29, 0.717) is 13.0 Å². The van der Waals surface area contributed by atoms with Gasteiger partial charge in [-0.15, -0.1) is 0 Å². The summed E-state index contributed by atoms with van der Waals surface area (Å²) in [5, 5.41) is 10.1. The molecule has 116 valence electrons.